The van der Waals surface area contributed by atoms with Crippen LogP contribution in [0.2, 0.25) is 0 Å². The Morgan fingerprint density at radius 1 is 1.35 bits per heavy atom. The van der Waals surface area contributed by atoms with E-state index in [0.29, 0.717) is 10.8 Å². The largest absolute Gasteiger partial charge is 0.297 e. The highest BCUT2D eigenvalue weighted by molar-refractivity contribution is 9.11. The van der Waals surface area contributed by atoms with Crippen molar-refractivity contribution in [3.05, 3.63) is 31.9 Å². The molecular weight excluding hydrogens is 366 g/mol. The predicted octanol–water partition coefficient (Wildman–Crippen LogP) is 4.47. The summed E-state index contributed by atoms with van der Waals surface area (Å²) >= 11 is 12.3. The van der Waals surface area contributed by atoms with Gasteiger partial charge in [-0.25, -0.2) is 0 Å². The second kappa shape index (κ2) is 4.33. The van der Waals surface area contributed by atoms with Gasteiger partial charge in [-0.1, -0.05) is 31.9 Å². The summed E-state index contributed by atoms with van der Waals surface area (Å²) in [5, 5.41) is 7.23. The molecule has 2 aromatic rings. The zero-order valence-electron chi connectivity index (χ0n) is 8.78. The van der Waals surface area contributed by atoms with Crippen LogP contribution in [-0.4, -0.2) is 14.8 Å². The second-order valence-corrected chi connectivity index (χ2v) is 6.23. The van der Waals surface area contributed by atoms with Crippen LogP contribution >= 0.6 is 44.1 Å². The normalized spacial score (nSPS) is 15.2. The molecule has 1 aromatic heterocycles. The van der Waals surface area contributed by atoms with E-state index in [4.69, 9.17) is 12.2 Å². The minimum Gasteiger partial charge on any atom is -0.297 e. The molecule has 6 heteroatoms. The maximum atomic E-state index is 5.28. The Bertz CT molecular complexity index is 628. The minimum absolute atomic E-state index is 0.516. The lowest BCUT2D eigenvalue weighted by Crippen LogP contribution is -1.98. The lowest BCUT2D eigenvalue weighted by Gasteiger charge is -2.07. The maximum absolute atomic E-state index is 5.28. The van der Waals surface area contributed by atoms with Crippen molar-refractivity contribution in [3.63, 3.8) is 0 Å². The molecule has 1 aliphatic carbocycles. The highest BCUT2D eigenvalue weighted by atomic mass is 79.9. The molecule has 3 rings (SSSR count). The molecule has 0 radical (unpaired) electrons. The molecule has 88 valence electrons. The van der Waals surface area contributed by atoms with Crippen LogP contribution in [0.15, 0.2) is 27.1 Å². The molecule has 0 atom stereocenters. The van der Waals surface area contributed by atoms with Gasteiger partial charge >= 0.3 is 0 Å². The zero-order chi connectivity index (χ0) is 12.0. The first-order chi connectivity index (χ1) is 8.16. The van der Waals surface area contributed by atoms with E-state index in [1.807, 2.05) is 18.2 Å². The molecule has 0 spiro atoms. The number of aromatic amines is 1. The van der Waals surface area contributed by atoms with Crippen LogP contribution in [0.4, 0.5) is 0 Å². The average Bonchev–Trinajstić information content (AvgIpc) is 3.06. The van der Waals surface area contributed by atoms with Crippen LogP contribution in [0, 0.1) is 4.77 Å². The molecule has 1 saturated carbocycles. The van der Waals surface area contributed by atoms with Crippen LogP contribution < -0.4 is 0 Å². The van der Waals surface area contributed by atoms with E-state index in [9.17, 15) is 0 Å². The van der Waals surface area contributed by atoms with Gasteiger partial charge in [0.2, 0.25) is 0 Å². The van der Waals surface area contributed by atoms with Gasteiger partial charge in [-0.2, -0.15) is 5.10 Å². The van der Waals surface area contributed by atoms with Gasteiger partial charge < -0.3 is 0 Å². The summed E-state index contributed by atoms with van der Waals surface area (Å²) in [4.78, 5) is 0. The number of H-pyrrole nitrogens is 1. The van der Waals surface area contributed by atoms with Crippen molar-refractivity contribution in [1.82, 2.24) is 14.8 Å². The quantitative estimate of drug-likeness (QED) is 0.787. The fourth-order valence-electron chi connectivity index (χ4n) is 1.84. The Balaban J connectivity index is 2.21. The van der Waals surface area contributed by atoms with E-state index in [0.717, 1.165) is 20.3 Å². The predicted molar refractivity (Wildman–Crippen MR) is 76.5 cm³/mol. The molecule has 17 heavy (non-hydrogen) atoms. The molecule has 0 bridgehead atoms. The van der Waals surface area contributed by atoms with Crippen molar-refractivity contribution in [2.45, 2.75) is 18.9 Å². The summed E-state index contributed by atoms with van der Waals surface area (Å²) in [6.07, 6.45) is 2.37. The summed E-state index contributed by atoms with van der Waals surface area (Å²) in [7, 11) is 0. The van der Waals surface area contributed by atoms with E-state index in [1.165, 1.54) is 12.8 Å². The van der Waals surface area contributed by atoms with Gasteiger partial charge in [-0.15, -0.1) is 0 Å². The molecule has 0 aliphatic heterocycles. The van der Waals surface area contributed by atoms with Gasteiger partial charge in [-0.3, -0.25) is 9.67 Å². The van der Waals surface area contributed by atoms with Gasteiger partial charge in [0.15, 0.2) is 10.6 Å². The molecule has 0 amide bonds. The highest BCUT2D eigenvalue weighted by Gasteiger charge is 2.28. The monoisotopic (exact) mass is 373 g/mol. The van der Waals surface area contributed by atoms with Gasteiger partial charge in [0.1, 0.15) is 0 Å². The SMILES string of the molecule is S=c1[nH]nc(-c2cc(Br)ccc2Br)n1C1CC1. The summed E-state index contributed by atoms with van der Waals surface area (Å²) in [6.45, 7) is 0. The first kappa shape index (κ1) is 11.6. The molecular formula is C11H9Br2N3S. The summed E-state index contributed by atoms with van der Waals surface area (Å²) < 4.78 is 4.87. The number of aromatic nitrogens is 3. The van der Waals surface area contributed by atoms with Crippen LogP contribution in [0.1, 0.15) is 18.9 Å². The molecule has 1 aromatic carbocycles. The van der Waals surface area contributed by atoms with Gasteiger partial charge in [0.25, 0.3) is 0 Å². The van der Waals surface area contributed by atoms with Gasteiger partial charge in [-0.05, 0) is 43.3 Å². The van der Waals surface area contributed by atoms with Crippen LogP contribution in [0.5, 0.6) is 0 Å². The minimum atomic E-state index is 0.516. The fourth-order valence-corrected chi connectivity index (χ4v) is 2.90. The molecule has 1 aliphatic rings. The lowest BCUT2D eigenvalue weighted by molar-refractivity contribution is 0.735. The third kappa shape index (κ3) is 2.13. The van der Waals surface area contributed by atoms with Crippen molar-refractivity contribution < 1.29 is 0 Å². The van der Waals surface area contributed by atoms with E-state index in [-0.39, 0.29) is 0 Å². The lowest BCUT2D eigenvalue weighted by atomic mass is 10.2. The first-order valence-corrected chi connectivity index (χ1v) is 7.28. The Morgan fingerprint density at radius 2 is 2.12 bits per heavy atom. The molecule has 1 N–H and O–H groups in total. The summed E-state index contributed by atoms with van der Waals surface area (Å²) in [5.41, 5.74) is 1.05. The number of nitrogens with one attached hydrogen (secondary N) is 1. The van der Waals surface area contributed by atoms with Crippen molar-refractivity contribution in [3.8, 4) is 11.4 Å². The first-order valence-electron chi connectivity index (χ1n) is 5.29. The average molecular weight is 375 g/mol. The molecule has 1 fully saturated rings. The number of rotatable bonds is 2. The third-order valence-electron chi connectivity index (χ3n) is 2.79. The smallest absolute Gasteiger partial charge is 0.195 e. The highest BCUT2D eigenvalue weighted by Crippen LogP contribution is 2.39. The standard InChI is InChI=1S/C11H9Br2N3S/c12-6-1-4-9(13)8(5-6)10-14-15-11(17)16(10)7-2-3-7/h1,4-5,7H,2-3H2,(H,15,17). The van der Waals surface area contributed by atoms with E-state index >= 15 is 0 Å². The van der Waals surface area contributed by atoms with Crippen LogP contribution in [0.3, 0.4) is 0 Å². The second-order valence-electron chi connectivity index (χ2n) is 4.08. The Morgan fingerprint density at radius 3 is 2.82 bits per heavy atom. The fraction of sp³-hybridized carbons (Fsp3) is 0.273. The van der Waals surface area contributed by atoms with Crippen LogP contribution in [0.25, 0.3) is 11.4 Å². The third-order valence-corrected chi connectivity index (χ3v) is 4.26. The van der Waals surface area contributed by atoms with Crippen molar-refractivity contribution in [2.24, 2.45) is 0 Å². The van der Waals surface area contributed by atoms with E-state index in [1.54, 1.807) is 0 Å². The molecule has 0 saturated heterocycles. The number of halogens is 2. The van der Waals surface area contributed by atoms with Crippen LogP contribution in [-0.2, 0) is 0 Å². The van der Waals surface area contributed by atoms with Crippen molar-refractivity contribution in [2.75, 3.05) is 0 Å². The Labute approximate surface area is 120 Å². The Kier molecular flexibility index (Phi) is 2.96. The van der Waals surface area contributed by atoms with E-state index in [2.05, 4.69) is 46.6 Å². The Hall–Kier alpha value is -0.460. The number of hydrogen-bond donors (Lipinski definition) is 1. The van der Waals surface area contributed by atoms with Gasteiger partial charge in [0.05, 0.1) is 0 Å². The topological polar surface area (TPSA) is 33.6 Å². The molecule has 0 unspecified atom stereocenters. The zero-order valence-corrected chi connectivity index (χ0v) is 12.8. The number of hydrogen-bond acceptors (Lipinski definition) is 2. The maximum Gasteiger partial charge on any atom is 0.195 e. The van der Waals surface area contributed by atoms with Crippen molar-refractivity contribution >= 4 is 44.1 Å². The molecule has 3 nitrogen and oxygen atoms in total. The molecule has 1 heterocycles. The van der Waals surface area contributed by atoms with Gasteiger partial charge in [0, 0.05) is 20.6 Å². The summed E-state index contributed by atoms with van der Waals surface area (Å²) in [6, 6.07) is 6.57. The number of nitrogens with zero attached hydrogens (tertiary/aromatic N) is 2. The van der Waals surface area contributed by atoms with Crippen molar-refractivity contribution in [1.29, 1.82) is 0 Å². The number of benzene rings is 1. The summed E-state index contributed by atoms with van der Waals surface area (Å²) in [5.74, 6) is 0.908. The van der Waals surface area contributed by atoms with E-state index < -0.39 is 0 Å².